The third-order valence-electron chi connectivity index (χ3n) is 3.19. The third-order valence-corrected chi connectivity index (χ3v) is 3.44. The summed E-state index contributed by atoms with van der Waals surface area (Å²) in [5.74, 6) is 1.76. The first-order chi connectivity index (χ1) is 8.78. The lowest BCUT2D eigenvalue weighted by Gasteiger charge is -2.10. The van der Waals surface area contributed by atoms with Crippen LogP contribution < -0.4 is 5.73 Å². The van der Waals surface area contributed by atoms with Gasteiger partial charge in [-0.15, -0.1) is 10.2 Å². The molecule has 1 fully saturated rings. The van der Waals surface area contributed by atoms with Crippen molar-refractivity contribution in [1.82, 2.24) is 10.2 Å². The highest BCUT2D eigenvalue weighted by Crippen LogP contribution is 2.39. The number of nitrogens with zero attached hydrogens (tertiary/aromatic N) is 2. The van der Waals surface area contributed by atoms with Crippen molar-refractivity contribution in [2.75, 3.05) is 6.54 Å². The van der Waals surface area contributed by atoms with Crippen molar-refractivity contribution < 1.29 is 4.42 Å². The van der Waals surface area contributed by atoms with Crippen molar-refractivity contribution in [3.8, 4) is 0 Å². The van der Waals surface area contributed by atoms with Crippen molar-refractivity contribution in [3.63, 3.8) is 0 Å². The normalized spacial score (nSPS) is 16.8. The minimum absolute atomic E-state index is 0.0535. The number of benzene rings is 1. The Labute approximate surface area is 110 Å². The van der Waals surface area contributed by atoms with E-state index in [0.29, 0.717) is 23.4 Å². The molecule has 0 saturated heterocycles. The van der Waals surface area contributed by atoms with Crippen LogP contribution in [0.1, 0.15) is 42.0 Å². The van der Waals surface area contributed by atoms with Gasteiger partial charge in [0.1, 0.15) is 0 Å². The van der Waals surface area contributed by atoms with E-state index in [1.54, 1.807) is 0 Å². The van der Waals surface area contributed by atoms with E-state index >= 15 is 0 Å². The van der Waals surface area contributed by atoms with Gasteiger partial charge in [-0.1, -0.05) is 23.7 Å². The molecule has 3 rings (SSSR count). The minimum Gasteiger partial charge on any atom is -0.424 e. The minimum atomic E-state index is -0.0535. The predicted molar refractivity (Wildman–Crippen MR) is 68.6 cm³/mol. The summed E-state index contributed by atoms with van der Waals surface area (Å²) in [7, 11) is 0. The van der Waals surface area contributed by atoms with Crippen molar-refractivity contribution >= 4 is 11.6 Å². The Bertz CT molecular complexity index is 533. The van der Waals surface area contributed by atoms with E-state index in [9.17, 15) is 0 Å². The van der Waals surface area contributed by atoms with Crippen molar-refractivity contribution in [2.45, 2.75) is 24.7 Å². The van der Waals surface area contributed by atoms with Crippen LogP contribution in [-0.4, -0.2) is 16.7 Å². The highest BCUT2D eigenvalue weighted by Gasteiger charge is 2.30. The molecule has 1 aromatic carbocycles. The van der Waals surface area contributed by atoms with Gasteiger partial charge in [0.2, 0.25) is 11.8 Å². The topological polar surface area (TPSA) is 64.9 Å². The Morgan fingerprint density at radius 2 is 2.00 bits per heavy atom. The van der Waals surface area contributed by atoms with Gasteiger partial charge >= 0.3 is 0 Å². The molecule has 0 bridgehead atoms. The lowest BCUT2D eigenvalue weighted by atomic mass is 9.99. The summed E-state index contributed by atoms with van der Waals surface area (Å²) in [6, 6.07) is 7.58. The predicted octanol–water partition coefficient (Wildman–Crippen LogP) is 2.69. The molecule has 1 heterocycles. The third kappa shape index (κ3) is 2.26. The highest BCUT2D eigenvalue weighted by atomic mass is 35.5. The maximum Gasteiger partial charge on any atom is 0.225 e. The zero-order valence-electron chi connectivity index (χ0n) is 9.84. The summed E-state index contributed by atoms with van der Waals surface area (Å²) in [6.45, 7) is 0.438. The molecule has 0 spiro atoms. The van der Waals surface area contributed by atoms with E-state index in [0.717, 1.165) is 24.3 Å². The van der Waals surface area contributed by atoms with Gasteiger partial charge in [0.15, 0.2) is 0 Å². The largest absolute Gasteiger partial charge is 0.424 e. The number of hydrogen-bond donors (Lipinski definition) is 1. The Morgan fingerprint density at radius 3 is 2.61 bits per heavy atom. The van der Waals surface area contributed by atoms with Crippen molar-refractivity contribution in [1.29, 1.82) is 0 Å². The summed E-state index contributed by atoms with van der Waals surface area (Å²) >= 11 is 5.88. The van der Waals surface area contributed by atoms with Gasteiger partial charge in [0.05, 0.1) is 5.92 Å². The highest BCUT2D eigenvalue weighted by molar-refractivity contribution is 6.30. The first-order valence-corrected chi connectivity index (χ1v) is 6.44. The molecular weight excluding hydrogens is 250 g/mol. The smallest absolute Gasteiger partial charge is 0.225 e. The molecule has 4 nitrogen and oxygen atoms in total. The van der Waals surface area contributed by atoms with Crippen molar-refractivity contribution in [2.24, 2.45) is 5.73 Å². The summed E-state index contributed by atoms with van der Waals surface area (Å²) in [5, 5.41) is 8.92. The number of rotatable bonds is 4. The van der Waals surface area contributed by atoms with Gasteiger partial charge in [0.25, 0.3) is 0 Å². The lowest BCUT2D eigenvalue weighted by Crippen LogP contribution is -2.14. The maximum absolute atomic E-state index is 5.88. The summed E-state index contributed by atoms with van der Waals surface area (Å²) in [5.41, 5.74) is 6.86. The second-order valence-corrected chi connectivity index (χ2v) is 5.03. The first-order valence-electron chi connectivity index (χ1n) is 6.06. The van der Waals surface area contributed by atoms with Crippen LogP contribution in [0.4, 0.5) is 0 Å². The fraction of sp³-hybridized carbons (Fsp3) is 0.385. The van der Waals surface area contributed by atoms with Crippen LogP contribution in [-0.2, 0) is 0 Å². The van der Waals surface area contributed by atoms with Crippen LogP contribution in [0.2, 0.25) is 5.02 Å². The average Bonchev–Trinajstić information content (AvgIpc) is 3.13. The molecule has 1 aromatic heterocycles. The van der Waals surface area contributed by atoms with Crippen molar-refractivity contribution in [3.05, 3.63) is 46.6 Å². The van der Waals surface area contributed by atoms with Gasteiger partial charge in [-0.3, -0.25) is 0 Å². The van der Waals surface area contributed by atoms with E-state index in [1.807, 2.05) is 24.3 Å². The monoisotopic (exact) mass is 263 g/mol. The van der Waals surface area contributed by atoms with Crippen LogP contribution in [0.5, 0.6) is 0 Å². The first kappa shape index (κ1) is 11.7. The van der Waals surface area contributed by atoms with E-state index < -0.39 is 0 Å². The molecule has 0 amide bonds. The molecule has 1 atom stereocenters. The van der Waals surface area contributed by atoms with Crippen LogP contribution in [0.15, 0.2) is 28.7 Å². The summed E-state index contributed by atoms with van der Waals surface area (Å²) < 4.78 is 5.71. The Morgan fingerprint density at radius 1 is 1.28 bits per heavy atom. The molecule has 1 saturated carbocycles. The molecule has 2 aromatic rings. The zero-order valence-corrected chi connectivity index (χ0v) is 10.6. The summed E-state index contributed by atoms with van der Waals surface area (Å²) in [6.07, 6.45) is 2.30. The fourth-order valence-corrected chi connectivity index (χ4v) is 2.08. The molecule has 0 aliphatic heterocycles. The van der Waals surface area contributed by atoms with Gasteiger partial charge in [-0.2, -0.15) is 0 Å². The quantitative estimate of drug-likeness (QED) is 0.921. The van der Waals surface area contributed by atoms with Gasteiger partial charge in [0, 0.05) is 17.5 Å². The number of aromatic nitrogens is 2. The van der Waals surface area contributed by atoms with Crippen LogP contribution in [0, 0.1) is 0 Å². The van der Waals surface area contributed by atoms with Crippen LogP contribution in [0.25, 0.3) is 0 Å². The molecule has 1 unspecified atom stereocenters. The van der Waals surface area contributed by atoms with E-state index in [1.165, 1.54) is 0 Å². The Balaban J connectivity index is 1.88. The fourth-order valence-electron chi connectivity index (χ4n) is 1.96. The standard InChI is InChI=1S/C13H14ClN3O/c14-10-5-3-8(4-6-10)11(7-15)13-17-16-12(18-13)9-1-2-9/h3-6,9,11H,1-2,7,15H2. The van der Waals surface area contributed by atoms with E-state index in [2.05, 4.69) is 10.2 Å². The van der Waals surface area contributed by atoms with Crippen LogP contribution >= 0.6 is 11.6 Å². The molecule has 94 valence electrons. The van der Waals surface area contributed by atoms with Gasteiger partial charge in [-0.25, -0.2) is 0 Å². The molecule has 1 aliphatic rings. The maximum atomic E-state index is 5.88. The number of halogens is 1. The Hall–Kier alpha value is -1.39. The van der Waals surface area contributed by atoms with Gasteiger partial charge in [-0.05, 0) is 30.5 Å². The second kappa shape index (κ2) is 4.71. The Kier molecular flexibility index (Phi) is 3.06. The number of hydrogen-bond acceptors (Lipinski definition) is 4. The summed E-state index contributed by atoms with van der Waals surface area (Å²) in [4.78, 5) is 0. The molecule has 5 heteroatoms. The SMILES string of the molecule is NCC(c1ccc(Cl)cc1)c1nnc(C2CC2)o1. The molecule has 2 N–H and O–H groups in total. The van der Waals surface area contributed by atoms with E-state index in [4.69, 9.17) is 21.8 Å². The van der Waals surface area contributed by atoms with Gasteiger partial charge < -0.3 is 10.2 Å². The van der Waals surface area contributed by atoms with Crippen LogP contribution in [0.3, 0.4) is 0 Å². The molecule has 0 radical (unpaired) electrons. The second-order valence-electron chi connectivity index (χ2n) is 4.59. The number of nitrogens with two attached hydrogens (primary N) is 1. The molecular formula is C13H14ClN3O. The zero-order chi connectivity index (χ0) is 12.5. The molecule has 18 heavy (non-hydrogen) atoms. The molecule has 1 aliphatic carbocycles. The lowest BCUT2D eigenvalue weighted by molar-refractivity contribution is 0.434. The average molecular weight is 264 g/mol. The van der Waals surface area contributed by atoms with E-state index in [-0.39, 0.29) is 5.92 Å².